The van der Waals surface area contributed by atoms with E-state index in [2.05, 4.69) is 11.8 Å². The number of nitrogens with zero attached hydrogens (tertiary/aromatic N) is 1. The minimum absolute atomic E-state index is 0.161. The molecule has 5 heteroatoms. The zero-order valence-corrected chi connectivity index (χ0v) is 13.1. The lowest BCUT2D eigenvalue weighted by Crippen LogP contribution is -2.34. The van der Waals surface area contributed by atoms with Gasteiger partial charge >= 0.3 is 0 Å². The van der Waals surface area contributed by atoms with Crippen LogP contribution in [0.2, 0.25) is 0 Å². The Bertz CT molecular complexity index is 553. The summed E-state index contributed by atoms with van der Waals surface area (Å²) in [6, 6.07) is 7.41. The Morgan fingerprint density at radius 2 is 2.10 bits per heavy atom. The maximum atomic E-state index is 12.3. The summed E-state index contributed by atoms with van der Waals surface area (Å²) in [4.78, 5) is 2.54. The lowest BCUT2D eigenvalue weighted by Gasteiger charge is -2.24. The summed E-state index contributed by atoms with van der Waals surface area (Å²) in [6.07, 6.45) is 2.55. The first-order valence-corrected chi connectivity index (χ1v) is 8.81. The molecule has 2 rings (SSSR count). The van der Waals surface area contributed by atoms with Crippen LogP contribution >= 0.6 is 0 Å². The summed E-state index contributed by atoms with van der Waals surface area (Å²) in [7, 11) is -1.22. The molecule has 0 amide bonds. The molecular formula is C15H24N2O2S. The molecule has 1 aliphatic rings. The highest BCUT2D eigenvalue weighted by atomic mass is 32.2. The molecule has 1 unspecified atom stereocenters. The molecule has 1 fully saturated rings. The third-order valence-corrected chi connectivity index (χ3v) is 5.90. The Morgan fingerprint density at radius 1 is 1.40 bits per heavy atom. The van der Waals surface area contributed by atoms with Gasteiger partial charge in [-0.3, -0.25) is 0 Å². The number of hydrogen-bond acceptors (Lipinski definition) is 4. The van der Waals surface area contributed by atoms with Crippen molar-refractivity contribution in [3.05, 3.63) is 29.8 Å². The molecule has 0 aromatic heterocycles. The van der Waals surface area contributed by atoms with E-state index in [0.29, 0.717) is 24.0 Å². The van der Waals surface area contributed by atoms with E-state index in [-0.39, 0.29) is 5.75 Å². The fourth-order valence-corrected chi connectivity index (χ4v) is 3.77. The van der Waals surface area contributed by atoms with E-state index < -0.39 is 9.84 Å². The van der Waals surface area contributed by atoms with Crippen molar-refractivity contribution in [3.8, 4) is 0 Å². The smallest absolute Gasteiger partial charge is 0.179 e. The van der Waals surface area contributed by atoms with Crippen LogP contribution in [0.5, 0.6) is 0 Å². The quantitative estimate of drug-likeness (QED) is 0.831. The van der Waals surface area contributed by atoms with Crippen molar-refractivity contribution in [2.45, 2.75) is 37.2 Å². The average molecular weight is 296 g/mol. The zero-order valence-electron chi connectivity index (χ0n) is 12.2. The van der Waals surface area contributed by atoms with Gasteiger partial charge in [-0.1, -0.05) is 12.1 Å². The van der Waals surface area contributed by atoms with Gasteiger partial charge in [0.1, 0.15) is 0 Å². The summed E-state index contributed by atoms with van der Waals surface area (Å²) in [6.45, 7) is 3.12. The van der Waals surface area contributed by atoms with Gasteiger partial charge in [0.2, 0.25) is 0 Å². The molecule has 0 radical (unpaired) electrons. The topological polar surface area (TPSA) is 63.4 Å². The maximum Gasteiger partial charge on any atom is 0.179 e. The molecule has 1 atom stereocenters. The Kier molecular flexibility index (Phi) is 4.83. The molecule has 1 aromatic rings. The molecule has 0 aliphatic heterocycles. The number of rotatable bonds is 7. The van der Waals surface area contributed by atoms with Crippen molar-refractivity contribution in [2.24, 2.45) is 11.7 Å². The van der Waals surface area contributed by atoms with Crippen LogP contribution in [-0.2, 0) is 16.4 Å². The molecule has 1 aliphatic carbocycles. The van der Waals surface area contributed by atoms with Gasteiger partial charge in [0.05, 0.1) is 10.6 Å². The van der Waals surface area contributed by atoms with Crippen molar-refractivity contribution in [2.75, 3.05) is 19.3 Å². The van der Waals surface area contributed by atoms with Gasteiger partial charge in [0, 0.05) is 19.1 Å². The normalized spacial score (nSPS) is 17.4. The maximum absolute atomic E-state index is 12.3. The summed E-state index contributed by atoms with van der Waals surface area (Å²) in [5, 5.41) is 0. The van der Waals surface area contributed by atoms with E-state index in [0.717, 1.165) is 11.5 Å². The Hall–Kier alpha value is -0.910. The van der Waals surface area contributed by atoms with Gasteiger partial charge in [0.15, 0.2) is 9.84 Å². The van der Waals surface area contributed by atoms with Crippen LogP contribution in [0.15, 0.2) is 29.2 Å². The predicted octanol–water partition coefficient (Wildman–Crippen LogP) is 1.65. The van der Waals surface area contributed by atoms with Crippen LogP contribution in [0.3, 0.4) is 0 Å². The fourth-order valence-electron chi connectivity index (χ4n) is 2.39. The molecule has 0 saturated heterocycles. The van der Waals surface area contributed by atoms with E-state index >= 15 is 0 Å². The van der Waals surface area contributed by atoms with Gasteiger partial charge in [-0.25, -0.2) is 8.42 Å². The highest BCUT2D eigenvalue weighted by Crippen LogP contribution is 2.34. The standard InChI is InChI=1S/C15H24N2O2S/c1-12(14-6-7-14)17(2)8-9-20(18,19)15-5-3-4-13(10-15)11-16/h3-5,10,12,14H,6-9,11,16H2,1-2H3. The second-order valence-electron chi connectivity index (χ2n) is 5.73. The SMILES string of the molecule is CC(C1CC1)N(C)CCS(=O)(=O)c1cccc(CN)c1. The number of sulfone groups is 1. The summed E-state index contributed by atoms with van der Waals surface area (Å²) < 4.78 is 24.7. The third kappa shape index (κ3) is 3.81. The van der Waals surface area contributed by atoms with Gasteiger partial charge in [-0.15, -0.1) is 0 Å². The number of nitrogens with two attached hydrogens (primary N) is 1. The molecule has 4 nitrogen and oxygen atoms in total. The minimum Gasteiger partial charge on any atom is -0.326 e. The number of hydrogen-bond donors (Lipinski definition) is 1. The average Bonchev–Trinajstić information content (AvgIpc) is 3.28. The second kappa shape index (κ2) is 6.24. The van der Waals surface area contributed by atoms with Crippen molar-refractivity contribution in [1.82, 2.24) is 4.90 Å². The van der Waals surface area contributed by atoms with E-state index in [1.807, 2.05) is 13.1 Å². The Labute approximate surface area is 121 Å². The summed E-state index contributed by atoms with van der Waals surface area (Å²) >= 11 is 0. The van der Waals surface area contributed by atoms with Gasteiger partial charge < -0.3 is 10.6 Å². The van der Waals surface area contributed by atoms with Gasteiger partial charge in [-0.05, 0) is 50.4 Å². The molecular weight excluding hydrogens is 272 g/mol. The van der Waals surface area contributed by atoms with Crippen molar-refractivity contribution < 1.29 is 8.42 Å². The Balaban J connectivity index is 1.99. The zero-order chi connectivity index (χ0) is 14.8. The molecule has 0 heterocycles. The van der Waals surface area contributed by atoms with Crippen LogP contribution in [0, 0.1) is 5.92 Å². The van der Waals surface area contributed by atoms with Crippen LogP contribution < -0.4 is 5.73 Å². The molecule has 0 bridgehead atoms. The lowest BCUT2D eigenvalue weighted by molar-refractivity contribution is 0.247. The van der Waals surface area contributed by atoms with Gasteiger partial charge in [-0.2, -0.15) is 0 Å². The second-order valence-corrected chi connectivity index (χ2v) is 7.84. The molecule has 112 valence electrons. The van der Waals surface area contributed by atoms with Crippen molar-refractivity contribution in [1.29, 1.82) is 0 Å². The first-order chi connectivity index (χ1) is 9.44. The van der Waals surface area contributed by atoms with E-state index in [9.17, 15) is 8.42 Å². The Morgan fingerprint density at radius 3 is 2.70 bits per heavy atom. The van der Waals surface area contributed by atoms with Crippen LogP contribution in [0.4, 0.5) is 0 Å². The minimum atomic E-state index is -3.22. The summed E-state index contributed by atoms with van der Waals surface area (Å²) in [5.74, 6) is 0.914. The summed E-state index contributed by atoms with van der Waals surface area (Å²) in [5.41, 5.74) is 6.41. The van der Waals surface area contributed by atoms with E-state index in [1.165, 1.54) is 12.8 Å². The predicted molar refractivity (Wildman–Crippen MR) is 81.2 cm³/mol. The first kappa shape index (κ1) is 15.5. The molecule has 1 saturated carbocycles. The highest BCUT2D eigenvalue weighted by Gasteiger charge is 2.30. The highest BCUT2D eigenvalue weighted by molar-refractivity contribution is 7.91. The molecule has 1 aromatic carbocycles. The molecule has 2 N–H and O–H groups in total. The number of benzene rings is 1. The monoisotopic (exact) mass is 296 g/mol. The molecule has 20 heavy (non-hydrogen) atoms. The van der Waals surface area contributed by atoms with Crippen LogP contribution in [-0.4, -0.2) is 38.7 Å². The fraction of sp³-hybridized carbons (Fsp3) is 0.600. The first-order valence-electron chi connectivity index (χ1n) is 7.16. The van der Waals surface area contributed by atoms with Gasteiger partial charge in [0.25, 0.3) is 0 Å². The largest absolute Gasteiger partial charge is 0.326 e. The van der Waals surface area contributed by atoms with Crippen LogP contribution in [0.25, 0.3) is 0 Å². The van der Waals surface area contributed by atoms with Crippen molar-refractivity contribution >= 4 is 9.84 Å². The lowest BCUT2D eigenvalue weighted by atomic mass is 10.2. The van der Waals surface area contributed by atoms with Crippen LogP contribution in [0.1, 0.15) is 25.3 Å². The van der Waals surface area contributed by atoms with Crippen molar-refractivity contribution in [3.63, 3.8) is 0 Å². The van der Waals surface area contributed by atoms with E-state index in [1.54, 1.807) is 18.2 Å². The molecule has 0 spiro atoms. The van der Waals surface area contributed by atoms with E-state index in [4.69, 9.17) is 5.73 Å². The third-order valence-electron chi connectivity index (χ3n) is 4.21.